The van der Waals surface area contributed by atoms with Gasteiger partial charge in [0.25, 0.3) is 0 Å². The lowest BCUT2D eigenvalue weighted by Crippen LogP contribution is -2.07. The topological polar surface area (TPSA) is 66.0 Å². The number of nitrogens with two attached hydrogens (primary N) is 1. The predicted octanol–water partition coefficient (Wildman–Crippen LogP) is 1.89. The molecule has 0 aliphatic carbocycles. The summed E-state index contributed by atoms with van der Waals surface area (Å²) >= 11 is 0. The molecule has 0 saturated carbocycles. The second-order valence-electron chi connectivity index (χ2n) is 4.14. The van der Waals surface area contributed by atoms with E-state index in [1.165, 1.54) is 0 Å². The zero-order chi connectivity index (χ0) is 13.2. The lowest BCUT2D eigenvalue weighted by atomic mass is 10.1. The summed E-state index contributed by atoms with van der Waals surface area (Å²) in [6, 6.07) is 7.86. The van der Waals surface area contributed by atoms with Gasteiger partial charge in [0.05, 0.1) is 13.7 Å². The van der Waals surface area contributed by atoms with Crippen LogP contribution in [0.25, 0.3) is 16.6 Å². The Balaban J connectivity index is 2.24. The van der Waals surface area contributed by atoms with Gasteiger partial charge in [-0.25, -0.2) is 9.97 Å². The summed E-state index contributed by atoms with van der Waals surface area (Å²) in [5.41, 5.74) is 5.69. The molecule has 0 aliphatic rings. The van der Waals surface area contributed by atoms with Crippen LogP contribution < -0.4 is 10.5 Å². The fourth-order valence-corrected chi connectivity index (χ4v) is 2.14. The van der Waals surface area contributed by atoms with E-state index in [1.807, 2.05) is 35.0 Å². The fourth-order valence-electron chi connectivity index (χ4n) is 2.14. The van der Waals surface area contributed by atoms with Gasteiger partial charge < -0.3 is 10.5 Å². The first-order valence-electron chi connectivity index (χ1n) is 5.99. The molecule has 2 heterocycles. The molecule has 19 heavy (non-hydrogen) atoms. The standard InChI is InChI=1S/C14H14N4O/c1-19-11-2-3-12-10(8-11)4-5-17-14(12)18-7-6-16-13(18)9-15/h2-8H,9,15H2,1H3. The van der Waals surface area contributed by atoms with E-state index in [-0.39, 0.29) is 0 Å². The largest absolute Gasteiger partial charge is 0.497 e. The smallest absolute Gasteiger partial charge is 0.145 e. The number of methoxy groups -OCH3 is 1. The minimum Gasteiger partial charge on any atom is -0.497 e. The number of fused-ring (bicyclic) bond motifs is 1. The van der Waals surface area contributed by atoms with E-state index in [0.29, 0.717) is 6.54 Å². The van der Waals surface area contributed by atoms with Gasteiger partial charge in [-0.1, -0.05) is 0 Å². The van der Waals surface area contributed by atoms with Crippen LogP contribution in [-0.2, 0) is 6.54 Å². The van der Waals surface area contributed by atoms with Crippen molar-refractivity contribution >= 4 is 10.8 Å². The van der Waals surface area contributed by atoms with Gasteiger partial charge in [0.2, 0.25) is 0 Å². The van der Waals surface area contributed by atoms with Crippen LogP contribution in [0.5, 0.6) is 5.75 Å². The fraction of sp³-hybridized carbons (Fsp3) is 0.143. The Labute approximate surface area is 110 Å². The lowest BCUT2D eigenvalue weighted by Gasteiger charge is -2.09. The van der Waals surface area contributed by atoms with Crippen LogP contribution in [0.1, 0.15) is 5.82 Å². The monoisotopic (exact) mass is 254 g/mol. The van der Waals surface area contributed by atoms with E-state index < -0.39 is 0 Å². The van der Waals surface area contributed by atoms with Crippen molar-refractivity contribution in [2.24, 2.45) is 5.73 Å². The van der Waals surface area contributed by atoms with E-state index in [2.05, 4.69) is 9.97 Å². The molecule has 0 spiro atoms. The number of pyridine rings is 1. The molecule has 5 nitrogen and oxygen atoms in total. The summed E-state index contributed by atoms with van der Waals surface area (Å²) in [6.07, 6.45) is 5.37. The third-order valence-corrected chi connectivity index (χ3v) is 3.08. The van der Waals surface area contributed by atoms with Crippen LogP contribution in [0.2, 0.25) is 0 Å². The SMILES string of the molecule is COc1ccc2c(-n3ccnc3CN)nccc2c1. The van der Waals surface area contributed by atoms with Gasteiger partial charge >= 0.3 is 0 Å². The molecule has 0 aliphatic heterocycles. The average Bonchev–Trinajstić information content (AvgIpc) is 2.94. The Morgan fingerprint density at radius 3 is 2.89 bits per heavy atom. The third-order valence-electron chi connectivity index (χ3n) is 3.08. The number of rotatable bonds is 3. The molecular formula is C14H14N4O. The van der Waals surface area contributed by atoms with E-state index in [4.69, 9.17) is 10.5 Å². The van der Waals surface area contributed by atoms with Gasteiger partial charge in [0, 0.05) is 24.0 Å². The van der Waals surface area contributed by atoms with Crippen LogP contribution in [0.15, 0.2) is 42.9 Å². The molecular weight excluding hydrogens is 240 g/mol. The maximum atomic E-state index is 5.69. The van der Waals surface area contributed by atoms with E-state index in [0.717, 1.165) is 28.2 Å². The summed E-state index contributed by atoms with van der Waals surface area (Å²) in [4.78, 5) is 8.66. The molecule has 2 aromatic heterocycles. The number of benzene rings is 1. The predicted molar refractivity (Wildman–Crippen MR) is 73.3 cm³/mol. The van der Waals surface area contributed by atoms with Crippen LogP contribution in [0.4, 0.5) is 0 Å². The van der Waals surface area contributed by atoms with Crippen molar-refractivity contribution in [1.82, 2.24) is 14.5 Å². The lowest BCUT2D eigenvalue weighted by molar-refractivity contribution is 0.415. The minimum atomic E-state index is 0.376. The van der Waals surface area contributed by atoms with Crippen molar-refractivity contribution in [3.8, 4) is 11.6 Å². The highest BCUT2D eigenvalue weighted by atomic mass is 16.5. The summed E-state index contributed by atoms with van der Waals surface area (Å²) in [5.74, 6) is 2.45. The van der Waals surface area contributed by atoms with Crippen molar-refractivity contribution in [3.05, 3.63) is 48.7 Å². The molecule has 1 aromatic carbocycles. The third kappa shape index (κ3) is 1.94. The van der Waals surface area contributed by atoms with Crippen molar-refractivity contribution in [1.29, 1.82) is 0 Å². The van der Waals surface area contributed by atoms with Crippen LogP contribution >= 0.6 is 0 Å². The van der Waals surface area contributed by atoms with Crippen LogP contribution in [0.3, 0.4) is 0 Å². The first-order chi connectivity index (χ1) is 9.33. The quantitative estimate of drug-likeness (QED) is 0.775. The Morgan fingerprint density at radius 2 is 2.11 bits per heavy atom. The number of aromatic nitrogens is 3. The summed E-state index contributed by atoms with van der Waals surface area (Å²) in [6.45, 7) is 0.376. The summed E-state index contributed by atoms with van der Waals surface area (Å²) < 4.78 is 7.15. The summed E-state index contributed by atoms with van der Waals surface area (Å²) in [5, 5.41) is 2.11. The Bertz CT molecular complexity index is 720. The first-order valence-corrected chi connectivity index (χ1v) is 5.99. The average molecular weight is 254 g/mol. The Hall–Kier alpha value is -2.40. The molecule has 0 fully saturated rings. The van der Waals surface area contributed by atoms with Crippen molar-refractivity contribution < 1.29 is 4.74 Å². The maximum Gasteiger partial charge on any atom is 0.145 e. The van der Waals surface area contributed by atoms with Gasteiger partial charge in [-0.2, -0.15) is 0 Å². The molecule has 0 saturated heterocycles. The zero-order valence-corrected chi connectivity index (χ0v) is 10.6. The van der Waals surface area contributed by atoms with Crippen LogP contribution in [0, 0.1) is 0 Å². The second-order valence-corrected chi connectivity index (χ2v) is 4.14. The maximum absolute atomic E-state index is 5.69. The first kappa shape index (κ1) is 11.7. The number of nitrogens with zero attached hydrogens (tertiary/aromatic N) is 3. The van der Waals surface area contributed by atoms with Crippen molar-refractivity contribution in [2.45, 2.75) is 6.54 Å². The molecule has 3 aromatic rings. The summed E-state index contributed by atoms with van der Waals surface area (Å²) in [7, 11) is 1.66. The number of imidazole rings is 1. The highest BCUT2D eigenvalue weighted by molar-refractivity contribution is 5.89. The molecule has 0 unspecified atom stereocenters. The highest BCUT2D eigenvalue weighted by Crippen LogP contribution is 2.25. The molecule has 0 atom stereocenters. The molecule has 0 bridgehead atoms. The molecule has 0 amide bonds. The number of hydrogen-bond acceptors (Lipinski definition) is 4. The van der Waals surface area contributed by atoms with Gasteiger partial charge in [-0.05, 0) is 29.7 Å². The highest BCUT2D eigenvalue weighted by Gasteiger charge is 2.09. The molecule has 0 radical (unpaired) electrons. The molecule has 3 rings (SSSR count). The van der Waals surface area contributed by atoms with E-state index in [9.17, 15) is 0 Å². The van der Waals surface area contributed by atoms with E-state index in [1.54, 1.807) is 19.5 Å². The Kier molecular flexibility index (Phi) is 2.89. The van der Waals surface area contributed by atoms with Gasteiger partial charge in [0.15, 0.2) is 0 Å². The zero-order valence-electron chi connectivity index (χ0n) is 10.6. The second kappa shape index (κ2) is 4.70. The van der Waals surface area contributed by atoms with Gasteiger partial charge in [0.1, 0.15) is 17.4 Å². The van der Waals surface area contributed by atoms with Gasteiger partial charge in [-0.15, -0.1) is 0 Å². The van der Waals surface area contributed by atoms with Crippen molar-refractivity contribution in [3.63, 3.8) is 0 Å². The number of hydrogen-bond donors (Lipinski definition) is 1. The van der Waals surface area contributed by atoms with E-state index >= 15 is 0 Å². The minimum absolute atomic E-state index is 0.376. The van der Waals surface area contributed by atoms with Crippen LogP contribution in [-0.4, -0.2) is 21.6 Å². The molecule has 96 valence electrons. The Morgan fingerprint density at radius 1 is 1.21 bits per heavy atom. The number of ether oxygens (including phenoxy) is 1. The molecule has 2 N–H and O–H groups in total. The normalized spacial score (nSPS) is 10.8. The van der Waals surface area contributed by atoms with Crippen molar-refractivity contribution in [2.75, 3.05) is 7.11 Å². The molecule has 5 heteroatoms. The van der Waals surface area contributed by atoms with Gasteiger partial charge in [-0.3, -0.25) is 4.57 Å².